The van der Waals surface area contributed by atoms with Crippen molar-refractivity contribution in [1.29, 1.82) is 0 Å². The zero-order valence-electron chi connectivity index (χ0n) is 28.5. The minimum Gasteiger partial charge on any atom is -0.456 e. The first kappa shape index (κ1) is 29.5. The van der Waals surface area contributed by atoms with E-state index in [0.717, 1.165) is 83.3 Å². The average Bonchev–Trinajstić information content (AvgIpc) is 3.76. The first-order valence-electron chi connectivity index (χ1n) is 17.8. The minimum absolute atomic E-state index is 0.846. The predicted molar refractivity (Wildman–Crippen MR) is 219 cm³/mol. The number of benzene rings is 8. The van der Waals surface area contributed by atoms with Crippen molar-refractivity contribution in [2.24, 2.45) is 0 Å². The third-order valence-electron chi connectivity index (χ3n) is 10.5. The van der Waals surface area contributed by atoms with Crippen LogP contribution in [0.2, 0.25) is 0 Å². The van der Waals surface area contributed by atoms with E-state index in [0.29, 0.717) is 0 Å². The van der Waals surface area contributed by atoms with Gasteiger partial charge in [-0.05, 0) is 105 Å². The molecule has 0 spiro atoms. The van der Waals surface area contributed by atoms with Crippen LogP contribution in [0, 0.1) is 0 Å². The van der Waals surface area contributed by atoms with Gasteiger partial charge in [0.15, 0.2) is 0 Å². The molecule has 3 heterocycles. The molecule has 0 atom stereocenters. The Bertz CT molecular complexity index is 3000. The van der Waals surface area contributed by atoms with Gasteiger partial charge in [0.1, 0.15) is 22.3 Å². The Balaban J connectivity index is 1.04. The van der Waals surface area contributed by atoms with Gasteiger partial charge in [-0.1, -0.05) is 91.0 Å². The molecule has 248 valence electrons. The molecule has 0 fully saturated rings. The van der Waals surface area contributed by atoms with Crippen molar-refractivity contribution in [3.63, 3.8) is 0 Å². The molecule has 0 aliphatic carbocycles. The molecule has 8 aromatic carbocycles. The lowest BCUT2D eigenvalue weighted by Gasteiger charge is -2.25. The largest absolute Gasteiger partial charge is 0.456 e. The number of rotatable bonds is 5. The van der Waals surface area contributed by atoms with Crippen molar-refractivity contribution < 1.29 is 8.83 Å². The van der Waals surface area contributed by atoms with E-state index < -0.39 is 0 Å². The molecule has 11 rings (SSSR count). The third kappa shape index (κ3) is 4.95. The Morgan fingerprint density at radius 1 is 0.340 bits per heavy atom. The number of pyridine rings is 1. The first-order chi connectivity index (χ1) is 26.2. The Kier molecular flexibility index (Phi) is 6.52. The highest BCUT2D eigenvalue weighted by molar-refractivity contribution is 6.12. The lowest BCUT2D eigenvalue weighted by atomic mass is 10.0. The molecule has 0 aliphatic heterocycles. The standard InChI is InChI=1S/C49H30N2O2/c1-3-9-36-27-46-43(25-34(36)7-1)41-22-20-39(29-48(41)52-46)51(38-18-16-32(17-19-38)31-12-14-33(15-13-31)45-11-5-6-24-50-45)40-21-23-42-44-26-35-8-2-4-10-37(35)28-47(44)53-49(42)30-40/h1-30H. The van der Waals surface area contributed by atoms with E-state index in [9.17, 15) is 0 Å². The molecule has 0 radical (unpaired) electrons. The molecule has 4 nitrogen and oxygen atoms in total. The molecule has 3 aromatic heterocycles. The van der Waals surface area contributed by atoms with Crippen molar-refractivity contribution in [3.05, 3.63) is 182 Å². The fraction of sp³-hybridized carbons (Fsp3) is 0. The maximum atomic E-state index is 6.54. The Morgan fingerprint density at radius 2 is 0.774 bits per heavy atom. The van der Waals surface area contributed by atoms with Crippen molar-refractivity contribution in [3.8, 4) is 22.4 Å². The first-order valence-corrected chi connectivity index (χ1v) is 17.8. The maximum absolute atomic E-state index is 6.54. The number of aromatic nitrogens is 1. The van der Waals surface area contributed by atoms with Crippen LogP contribution in [0.4, 0.5) is 17.1 Å². The van der Waals surface area contributed by atoms with Crippen LogP contribution in [-0.2, 0) is 0 Å². The van der Waals surface area contributed by atoms with Crippen LogP contribution in [0.1, 0.15) is 0 Å². The molecule has 0 unspecified atom stereocenters. The average molecular weight is 679 g/mol. The van der Waals surface area contributed by atoms with Gasteiger partial charge in [0.05, 0.1) is 5.69 Å². The quantitative estimate of drug-likeness (QED) is 0.182. The fourth-order valence-corrected chi connectivity index (χ4v) is 7.80. The monoisotopic (exact) mass is 678 g/mol. The van der Waals surface area contributed by atoms with Gasteiger partial charge in [-0.15, -0.1) is 0 Å². The van der Waals surface area contributed by atoms with Crippen LogP contribution in [0.3, 0.4) is 0 Å². The highest BCUT2D eigenvalue weighted by Gasteiger charge is 2.18. The van der Waals surface area contributed by atoms with E-state index in [4.69, 9.17) is 8.83 Å². The van der Waals surface area contributed by atoms with Gasteiger partial charge in [-0.3, -0.25) is 4.98 Å². The second-order valence-electron chi connectivity index (χ2n) is 13.6. The highest BCUT2D eigenvalue weighted by atomic mass is 16.3. The Labute approximate surface area is 304 Å². The number of nitrogens with zero attached hydrogens (tertiary/aromatic N) is 2. The van der Waals surface area contributed by atoms with Crippen LogP contribution >= 0.6 is 0 Å². The summed E-state index contributed by atoms with van der Waals surface area (Å²) in [6, 6.07) is 62.0. The van der Waals surface area contributed by atoms with E-state index in [1.807, 2.05) is 24.4 Å². The van der Waals surface area contributed by atoms with Gasteiger partial charge in [-0.2, -0.15) is 0 Å². The predicted octanol–water partition coefficient (Wildman–Crippen LogP) is 14.0. The van der Waals surface area contributed by atoms with Crippen LogP contribution in [0.15, 0.2) is 191 Å². The van der Waals surface area contributed by atoms with Gasteiger partial charge < -0.3 is 13.7 Å². The van der Waals surface area contributed by atoms with E-state index in [2.05, 4.69) is 168 Å². The Morgan fingerprint density at radius 3 is 1.28 bits per heavy atom. The lowest BCUT2D eigenvalue weighted by Crippen LogP contribution is -2.09. The van der Waals surface area contributed by atoms with Gasteiger partial charge in [0.2, 0.25) is 0 Å². The van der Waals surface area contributed by atoms with Crippen LogP contribution < -0.4 is 4.90 Å². The van der Waals surface area contributed by atoms with Gasteiger partial charge in [0, 0.05) is 62.5 Å². The summed E-state index contributed by atoms with van der Waals surface area (Å²) in [6.45, 7) is 0. The third-order valence-corrected chi connectivity index (χ3v) is 10.5. The summed E-state index contributed by atoms with van der Waals surface area (Å²) in [5.74, 6) is 0. The minimum atomic E-state index is 0.846. The van der Waals surface area contributed by atoms with Gasteiger partial charge in [0.25, 0.3) is 0 Å². The van der Waals surface area contributed by atoms with E-state index >= 15 is 0 Å². The SMILES string of the molecule is c1ccc(-c2ccc(-c3ccc(N(c4ccc5c(c4)oc4cc6ccccc6cc45)c4ccc5c(c4)oc4cc6ccccc6cc45)cc3)cc2)nc1. The molecule has 53 heavy (non-hydrogen) atoms. The maximum Gasteiger partial charge on any atom is 0.137 e. The van der Waals surface area contributed by atoms with Crippen LogP contribution in [0.25, 0.3) is 87.8 Å². The second-order valence-corrected chi connectivity index (χ2v) is 13.6. The van der Waals surface area contributed by atoms with Crippen molar-refractivity contribution in [1.82, 2.24) is 4.98 Å². The summed E-state index contributed by atoms with van der Waals surface area (Å²) in [5.41, 5.74) is 10.8. The summed E-state index contributed by atoms with van der Waals surface area (Å²) in [5, 5.41) is 9.16. The number of furan rings is 2. The molecule has 0 saturated heterocycles. The molecule has 0 bridgehead atoms. The summed E-state index contributed by atoms with van der Waals surface area (Å²) >= 11 is 0. The normalized spacial score (nSPS) is 11.8. The van der Waals surface area contributed by atoms with Gasteiger partial charge in [-0.25, -0.2) is 0 Å². The molecule has 0 amide bonds. The summed E-state index contributed by atoms with van der Waals surface area (Å²) in [6.07, 6.45) is 1.83. The summed E-state index contributed by atoms with van der Waals surface area (Å²) in [4.78, 5) is 6.79. The molecule has 0 N–H and O–H groups in total. The number of fused-ring (bicyclic) bond motifs is 8. The topological polar surface area (TPSA) is 42.4 Å². The fourth-order valence-electron chi connectivity index (χ4n) is 7.80. The highest BCUT2D eigenvalue weighted by Crippen LogP contribution is 2.42. The number of anilines is 3. The summed E-state index contributed by atoms with van der Waals surface area (Å²) < 4.78 is 13.1. The van der Waals surface area contributed by atoms with E-state index in [-0.39, 0.29) is 0 Å². The molecule has 11 aromatic rings. The van der Waals surface area contributed by atoms with Gasteiger partial charge >= 0.3 is 0 Å². The molecular formula is C49H30N2O2. The van der Waals surface area contributed by atoms with E-state index in [1.165, 1.54) is 21.5 Å². The number of hydrogen-bond acceptors (Lipinski definition) is 4. The lowest BCUT2D eigenvalue weighted by molar-refractivity contribution is 0.669. The van der Waals surface area contributed by atoms with Crippen molar-refractivity contribution in [2.45, 2.75) is 0 Å². The number of hydrogen-bond donors (Lipinski definition) is 0. The zero-order valence-corrected chi connectivity index (χ0v) is 28.5. The zero-order chi connectivity index (χ0) is 34.9. The van der Waals surface area contributed by atoms with Crippen LogP contribution in [0.5, 0.6) is 0 Å². The van der Waals surface area contributed by atoms with Crippen LogP contribution in [-0.4, -0.2) is 4.98 Å². The smallest absolute Gasteiger partial charge is 0.137 e. The molecule has 0 aliphatic rings. The second kappa shape index (κ2) is 11.7. The molecule has 0 saturated carbocycles. The molecule has 4 heteroatoms. The van der Waals surface area contributed by atoms with Crippen molar-refractivity contribution in [2.75, 3.05) is 4.90 Å². The van der Waals surface area contributed by atoms with Crippen molar-refractivity contribution >= 4 is 82.5 Å². The van der Waals surface area contributed by atoms with E-state index in [1.54, 1.807) is 0 Å². The summed E-state index contributed by atoms with van der Waals surface area (Å²) in [7, 11) is 0. The Hall–Kier alpha value is -7.17. The molecular weight excluding hydrogens is 649 g/mol.